The van der Waals surface area contributed by atoms with Crippen LogP contribution in [0.5, 0.6) is 5.75 Å². The van der Waals surface area contributed by atoms with Gasteiger partial charge >= 0.3 is 0 Å². The summed E-state index contributed by atoms with van der Waals surface area (Å²) < 4.78 is 24.3. The quantitative estimate of drug-likeness (QED) is 0.849. The number of nitrogens with zero attached hydrogens (tertiary/aromatic N) is 1. The summed E-state index contributed by atoms with van der Waals surface area (Å²) in [5, 5.41) is 0. The Balaban J connectivity index is 2.09. The van der Waals surface area contributed by atoms with Crippen LogP contribution in [0.3, 0.4) is 0 Å². The highest BCUT2D eigenvalue weighted by molar-refractivity contribution is 5.77. The number of ether oxygens (including phenoxy) is 2. The SMILES string of the molecule is CCC(=O)N1CCO[C@@](COc2ccc(F)cc2)(CC(N)=O)C1. The largest absolute Gasteiger partial charge is 0.490 e. The molecule has 2 amide bonds. The van der Waals surface area contributed by atoms with Gasteiger partial charge in [0.1, 0.15) is 23.8 Å². The minimum atomic E-state index is -0.983. The van der Waals surface area contributed by atoms with Crippen molar-refractivity contribution in [2.45, 2.75) is 25.4 Å². The van der Waals surface area contributed by atoms with Gasteiger partial charge in [-0.2, -0.15) is 0 Å². The van der Waals surface area contributed by atoms with Crippen LogP contribution >= 0.6 is 0 Å². The van der Waals surface area contributed by atoms with Gasteiger partial charge in [0.2, 0.25) is 11.8 Å². The van der Waals surface area contributed by atoms with Crippen LogP contribution in [0.1, 0.15) is 19.8 Å². The first kappa shape index (κ1) is 17.2. The van der Waals surface area contributed by atoms with E-state index < -0.39 is 11.5 Å². The molecule has 0 aromatic heterocycles. The molecule has 7 heteroatoms. The van der Waals surface area contributed by atoms with E-state index in [1.807, 2.05) is 0 Å². The number of primary amides is 1. The minimum absolute atomic E-state index is 0.0103. The molecule has 1 atom stereocenters. The maximum Gasteiger partial charge on any atom is 0.222 e. The third-order valence-corrected chi connectivity index (χ3v) is 3.72. The number of hydrogen-bond acceptors (Lipinski definition) is 4. The van der Waals surface area contributed by atoms with Crippen molar-refractivity contribution in [2.75, 3.05) is 26.3 Å². The molecule has 23 heavy (non-hydrogen) atoms. The maximum absolute atomic E-state index is 12.9. The van der Waals surface area contributed by atoms with Gasteiger partial charge in [-0.3, -0.25) is 9.59 Å². The van der Waals surface area contributed by atoms with Crippen molar-refractivity contribution in [3.8, 4) is 5.75 Å². The van der Waals surface area contributed by atoms with Crippen LogP contribution < -0.4 is 10.5 Å². The van der Waals surface area contributed by atoms with Crippen LogP contribution in [-0.2, 0) is 14.3 Å². The van der Waals surface area contributed by atoms with Crippen LogP contribution in [0.4, 0.5) is 4.39 Å². The minimum Gasteiger partial charge on any atom is -0.490 e. The topological polar surface area (TPSA) is 81.9 Å². The fourth-order valence-electron chi connectivity index (χ4n) is 2.59. The Hall–Kier alpha value is -2.15. The average molecular weight is 324 g/mol. The monoisotopic (exact) mass is 324 g/mol. The van der Waals surface area contributed by atoms with E-state index in [0.29, 0.717) is 25.3 Å². The second kappa shape index (κ2) is 7.41. The predicted molar refractivity (Wildman–Crippen MR) is 81.3 cm³/mol. The highest BCUT2D eigenvalue weighted by Gasteiger charge is 2.40. The van der Waals surface area contributed by atoms with E-state index >= 15 is 0 Å². The van der Waals surface area contributed by atoms with Crippen molar-refractivity contribution in [1.29, 1.82) is 0 Å². The third-order valence-electron chi connectivity index (χ3n) is 3.72. The normalized spacial score (nSPS) is 21.0. The summed E-state index contributed by atoms with van der Waals surface area (Å²) in [5.41, 5.74) is 4.34. The molecule has 1 aromatic rings. The first-order chi connectivity index (χ1) is 10.9. The van der Waals surface area contributed by atoms with Gasteiger partial charge < -0.3 is 20.1 Å². The molecule has 2 rings (SSSR count). The van der Waals surface area contributed by atoms with Crippen LogP contribution in [0, 0.1) is 5.82 Å². The number of carbonyl (C=O) groups is 2. The van der Waals surface area contributed by atoms with Crippen LogP contribution in [-0.4, -0.2) is 48.6 Å². The van der Waals surface area contributed by atoms with Crippen molar-refractivity contribution in [3.05, 3.63) is 30.1 Å². The number of nitrogens with two attached hydrogens (primary N) is 1. The molecule has 1 aliphatic heterocycles. The smallest absolute Gasteiger partial charge is 0.222 e. The van der Waals surface area contributed by atoms with Crippen molar-refractivity contribution in [3.63, 3.8) is 0 Å². The molecule has 1 heterocycles. The van der Waals surface area contributed by atoms with Crippen molar-refractivity contribution < 1.29 is 23.5 Å². The Morgan fingerprint density at radius 3 is 2.70 bits per heavy atom. The second-order valence-electron chi connectivity index (χ2n) is 5.59. The van der Waals surface area contributed by atoms with Gasteiger partial charge in [-0.25, -0.2) is 4.39 Å². The van der Waals surface area contributed by atoms with Gasteiger partial charge in [0.05, 0.1) is 19.6 Å². The first-order valence-electron chi connectivity index (χ1n) is 7.52. The van der Waals surface area contributed by atoms with Gasteiger partial charge in [0.15, 0.2) is 0 Å². The number of amides is 2. The molecule has 1 aliphatic rings. The molecular weight excluding hydrogens is 303 g/mol. The molecule has 6 nitrogen and oxygen atoms in total. The maximum atomic E-state index is 12.9. The predicted octanol–water partition coefficient (Wildman–Crippen LogP) is 1.09. The Morgan fingerprint density at radius 2 is 2.09 bits per heavy atom. The molecular formula is C16H21FN2O4. The fraction of sp³-hybridized carbons (Fsp3) is 0.500. The fourth-order valence-corrected chi connectivity index (χ4v) is 2.59. The van der Waals surface area contributed by atoms with Gasteiger partial charge in [-0.1, -0.05) is 6.92 Å². The Kier molecular flexibility index (Phi) is 5.54. The lowest BCUT2D eigenvalue weighted by molar-refractivity contribution is -0.161. The molecule has 126 valence electrons. The zero-order chi connectivity index (χ0) is 16.9. The number of hydrogen-bond donors (Lipinski definition) is 1. The third kappa shape index (κ3) is 4.66. The van der Waals surface area contributed by atoms with Gasteiger partial charge in [0.25, 0.3) is 0 Å². The van der Waals surface area contributed by atoms with Gasteiger partial charge in [0, 0.05) is 13.0 Å². The number of morpholine rings is 1. The molecule has 0 bridgehead atoms. The molecule has 0 unspecified atom stereocenters. The Bertz CT molecular complexity index is 564. The highest BCUT2D eigenvalue weighted by atomic mass is 19.1. The van der Waals surface area contributed by atoms with E-state index in [1.165, 1.54) is 24.3 Å². The zero-order valence-electron chi connectivity index (χ0n) is 13.1. The molecule has 2 N–H and O–H groups in total. The summed E-state index contributed by atoms with van der Waals surface area (Å²) in [7, 11) is 0. The molecule has 1 saturated heterocycles. The summed E-state index contributed by atoms with van der Waals surface area (Å²) in [6.07, 6.45) is 0.327. The number of rotatable bonds is 6. The molecule has 1 fully saturated rings. The van der Waals surface area contributed by atoms with Crippen molar-refractivity contribution in [2.24, 2.45) is 5.73 Å². The lowest BCUT2D eigenvalue weighted by Gasteiger charge is -2.41. The summed E-state index contributed by atoms with van der Waals surface area (Å²) >= 11 is 0. The second-order valence-corrected chi connectivity index (χ2v) is 5.59. The molecule has 0 aliphatic carbocycles. The van der Waals surface area contributed by atoms with Gasteiger partial charge in [-0.05, 0) is 24.3 Å². The number of benzene rings is 1. The highest BCUT2D eigenvalue weighted by Crippen LogP contribution is 2.24. The molecule has 0 spiro atoms. The summed E-state index contributed by atoms with van der Waals surface area (Å²) in [4.78, 5) is 25.0. The van der Waals surface area contributed by atoms with E-state index in [9.17, 15) is 14.0 Å². The van der Waals surface area contributed by atoms with E-state index in [-0.39, 0.29) is 31.3 Å². The summed E-state index contributed by atoms with van der Waals surface area (Å²) in [6, 6.07) is 5.55. The Labute approximate surface area is 134 Å². The molecule has 0 saturated carbocycles. The lowest BCUT2D eigenvalue weighted by atomic mass is 9.97. The summed E-state index contributed by atoms with van der Waals surface area (Å²) in [6.45, 7) is 2.86. The van der Waals surface area contributed by atoms with Crippen LogP contribution in [0.15, 0.2) is 24.3 Å². The van der Waals surface area contributed by atoms with E-state index in [0.717, 1.165) is 0 Å². The first-order valence-corrected chi connectivity index (χ1v) is 7.52. The van der Waals surface area contributed by atoms with E-state index in [4.69, 9.17) is 15.2 Å². The average Bonchev–Trinajstić information content (AvgIpc) is 2.53. The van der Waals surface area contributed by atoms with Crippen molar-refractivity contribution in [1.82, 2.24) is 4.90 Å². The standard InChI is InChI=1S/C16H21FN2O4/c1-2-15(21)19-7-8-23-16(10-19,9-14(18)20)11-22-13-5-3-12(17)4-6-13/h3-6H,2,7-11H2,1H3,(H2,18,20)/t16-/m0/s1. The summed E-state index contributed by atoms with van der Waals surface area (Å²) in [5.74, 6) is -0.446. The zero-order valence-corrected chi connectivity index (χ0v) is 13.1. The molecule has 0 radical (unpaired) electrons. The Morgan fingerprint density at radius 1 is 1.39 bits per heavy atom. The van der Waals surface area contributed by atoms with E-state index in [2.05, 4.69) is 0 Å². The van der Waals surface area contributed by atoms with Gasteiger partial charge in [-0.15, -0.1) is 0 Å². The lowest BCUT2D eigenvalue weighted by Crippen LogP contribution is -2.57. The van der Waals surface area contributed by atoms with Crippen LogP contribution in [0.2, 0.25) is 0 Å². The number of carbonyl (C=O) groups excluding carboxylic acids is 2. The van der Waals surface area contributed by atoms with Crippen molar-refractivity contribution >= 4 is 11.8 Å². The molecule has 1 aromatic carbocycles. The van der Waals surface area contributed by atoms with Crippen LogP contribution in [0.25, 0.3) is 0 Å². The van der Waals surface area contributed by atoms with E-state index in [1.54, 1.807) is 11.8 Å². The number of halogens is 1.